The van der Waals surface area contributed by atoms with Crippen molar-refractivity contribution in [1.29, 1.82) is 0 Å². The fourth-order valence-electron chi connectivity index (χ4n) is 3.18. The third-order valence-corrected chi connectivity index (χ3v) is 6.37. The number of benzene rings is 2. The van der Waals surface area contributed by atoms with Gasteiger partial charge in [0.1, 0.15) is 13.2 Å². The summed E-state index contributed by atoms with van der Waals surface area (Å²) in [5.41, 5.74) is 0.900. The van der Waals surface area contributed by atoms with Crippen LogP contribution in [-0.4, -0.2) is 39.2 Å². The highest BCUT2D eigenvalue weighted by molar-refractivity contribution is 7.94. The number of hydrogen-bond acceptors (Lipinski definition) is 6. The molecule has 0 aliphatic carbocycles. The van der Waals surface area contributed by atoms with Gasteiger partial charge in [0, 0.05) is 17.3 Å². The van der Waals surface area contributed by atoms with Crippen LogP contribution in [0.4, 0.5) is 11.4 Å². The summed E-state index contributed by atoms with van der Waals surface area (Å²) in [7, 11) is -3.73. The van der Waals surface area contributed by atoms with E-state index in [-0.39, 0.29) is 17.0 Å². The second-order valence-electron chi connectivity index (χ2n) is 6.65. The third-order valence-electron chi connectivity index (χ3n) is 4.50. The lowest BCUT2D eigenvalue weighted by Crippen LogP contribution is -2.30. The van der Waals surface area contributed by atoms with Crippen molar-refractivity contribution in [2.45, 2.75) is 6.92 Å². The lowest BCUT2D eigenvalue weighted by molar-refractivity contribution is -0.119. The topological polar surface area (TPSA) is 102 Å². The highest BCUT2D eigenvalue weighted by Gasteiger charge is 2.42. The van der Waals surface area contributed by atoms with Gasteiger partial charge < -0.3 is 14.8 Å². The largest absolute Gasteiger partial charge is 0.486 e. The molecule has 0 aromatic heterocycles. The lowest BCUT2D eigenvalue weighted by atomic mass is 10.1. The van der Waals surface area contributed by atoms with Gasteiger partial charge in [0.05, 0.1) is 17.4 Å². The van der Waals surface area contributed by atoms with Crippen LogP contribution in [-0.2, 0) is 14.8 Å². The molecule has 2 aliphatic rings. The van der Waals surface area contributed by atoms with Crippen LogP contribution < -0.4 is 19.1 Å². The molecule has 0 unspecified atom stereocenters. The molecule has 0 saturated carbocycles. The van der Waals surface area contributed by atoms with E-state index in [1.54, 1.807) is 37.3 Å². The summed E-state index contributed by atoms with van der Waals surface area (Å²) >= 11 is 0. The van der Waals surface area contributed by atoms with Crippen LogP contribution in [0, 0.1) is 5.92 Å². The minimum absolute atomic E-state index is 0.157. The number of sulfonamides is 1. The van der Waals surface area contributed by atoms with Crippen LogP contribution in [0.5, 0.6) is 11.5 Å². The molecule has 1 atom stereocenters. The summed E-state index contributed by atoms with van der Waals surface area (Å²) in [5, 5.41) is 2.74. The van der Waals surface area contributed by atoms with E-state index in [0.717, 1.165) is 4.31 Å². The first-order valence-corrected chi connectivity index (χ1v) is 10.3. The van der Waals surface area contributed by atoms with Crippen molar-refractivity contribution >= 4 is 33.2 Å². The van der Waals surface area contributed by atoms with Crippen molar-refractivity contribution in [2.24, 2.45) is 5.92 Å². The molecule has 0 spiro atoms. The fourth-order valence-corrected chi connectivity index (χ4v) is 5.00. The average molecular weight is 402 g/mol. The predicted molar refractivity (Wildman–Crippen MR) is 102 cm³/mol. The van der Waals surface area contributed by atoms with Gasteiger partial charge in [-0.25, -0.2) is 12.7 Å². The summed E-state index contributed by atoms with van der Waals surface area (Å²) in [4.78, 5) is 24.9. The van der Waals surface area contributed by atoms with E-state index in [2.05, 4.69) is 5.32 Å². The van der Waals surface area contributed by atoms with Crippen molar-refractivity contribution in [1.82, 2.24) is 0 Å². The second kappa shape index (κ2) is 6.83. The van der Waals surface area contributed by atoms with Gasteiger partial charge in [-0.05, 0) is 30.3 Å². The van der Waals surface area contributed by atoms with E-state index in [9.17, 15) is 18.0 Å². The number of hydrogen-bond donors (Lipinski definition) is 1. The molecule has 2 heterocycles. The van der Waals surface area contributed by atoms with Crippen molar-refractivity contribution in [2.75, 3.05) is 28.6 Å². The van der Waals surface area contributed by atoms with Crippen LogP contribution in [0.1, 0.15) is 17.3 Å². The number of fused-ring (bicyclic) bond motifs is 1. The summed E-state index contributed by atoms with van der Waals surface area (Å²) in [6.07, 6.45) is 0. The summed E-state index contributed by atoms with van der Waals surface area (Å²) < 4.78 is 36.3. The molecule has 9 heteroatoms. The molecule has 0 radical (unpaired) electrons. The van der Waals surface area contributed by atoms with Gasteiger partial charge in [0.15, 0.2) is 11.5 Å². The standard InChI is InChI=1S/C19H18N2O6S/c1-12-11-28(24,25)21(19(12)23)15-4-2-3-13(9-15)18(22)20-14-5-6-16-17(10-14)27-8-7-26-16/h2-6,9-10,12H,7-8,11H2,1H3,(H,20,22)/t12-/m0/s1. The molecule has 28 heavy (non-hydrogen) atoms. The number of nitrogens with zero attached hydrogens (tertiary/aromatic N) is 1. The summed E-state index contributed by atoms with van der Waals surface area (Å²) in [5.74, 6) is -0.627. The van der Waals surface area contributed by atoms with Crippen LogP contribution in [0.15, 0.2) is 42.5 Å². The van der Waals surface area contributed by atoms with E-state index in [0.29, 0.717) is 30.4 Å². The quantitative estimate of drug-likeness (QED) is 0.843. The van der Waals surface area contributed by atoms with Gasteiger partial charge in [-0.15, -0.1) is 0 Å². The Balaban J connectivity index is 1.58. The van der Waals surface area contributed by atoms with E-state index in [4.69, 9.17) is 9.47 Å². The zero-order valence-electron chi connectivity index (χ0n) is 15.0. The maximum Gasteiger partial charge on any atom is 0.255 e. The number of amides is 2. The molecule has 8 nitrogen and oxygen atoms in total. The van der Waals surface area contributed by atoms with E-state index in [1.807, 2.05) is 0 Å². The molecule has 2 amide bonds. The number of carbonyl (C=O) groups is 2. The average Bonchev–Trinajstić information content (AvgIpc) is 2.88. The van der Waals surface area contributed by atoms with E-state index in [1.165, 1.54) is 12.1 Å². The van der Waals surface area contributed by atoms with Crippen LogP contribution >= 0.6 is 0 Å². The lowest BCUT2D eigenvalue weighted by Gasteiger charge is -2.19. The Hall–Kier alpha value is -3.07. The summed E-state index contributed by atoms with van der Waals surface area (Å²) in [6.45, 7) is 2.48. The zero-order chi connectivity index (χ0) is 19.9. The Labute approximate surface area is 162 Å². The van der Waals surface area contributed by atoms with Crippen molar-refractivity contribution in [3.8, 4) is 11.5 Å². The van der Waals surface area contributed by atoms with Crippen molar-refractivity contribution < 1.29 is 27.5 Å². The monoisotopic (exact) mass is 402 g/mol. The maximum absolute atomic E-state index is 12.6. The van der Waals surface area contributed by atoms with Crippen LogP contribution in [0.2, 0.25) is 0 Å². The second-order valence-corrected chi connectivity index (χ2v) is 8.51. The third kappa shape index (κ3) is 3.29. The van der Waals surface area contributed by atoms with Crippen LogP contribution in [0.25, 0.3) is 0 Å². The number of nitrogens with one attached hydrogen (secondary N) is 1. The molecule has 2 aromatic rings. The molecular weight excluding hydrogens is 384 g/mol. The first-order valence-electron chi connectivity index (χ1n) is 8.73. The van der Waals surface area contributed by atoms with Gasteiger partial charge in [0.2, 0.25) is 15.9 Å². The minimum atomic E-state index is -3.73. The Morgan fingerprint density at radius 1 is 1.11 bits per heavy atom. The van der Waals surface area contributed by atoms with Crippen molar-refractivity contribution in [3.63, 3.8) is 0 Å². The first kappa shape index (κ1) is 18.3. The zero-order valence-corrected chi connectivity index (χ0v) is 15.9. The van der Waals surface area contributed by atoms with Crippen molar-refractivity contribution in [3.05, 3.63) is 48.0 Å². The molecule has 0 bridgehead atoms. The number of ether oxygens (including phenoxy) is 2. The number of carbonyl (C=O) groups excluding carboxylic acids is 2. The SMILES string of the molecule is C[C@H]1CS(=O)(=O)N(c2cccc(C(=O)Nc3ccc4c(c3)OCCO4)c2)C1=O. The summed E-state index contributed by atoms with van der Waals surface area (Å²) in [6, 6.07) is 11.0. The molecule has 1 saturated heterocycles. The predicted octanol–water partition coefficient (Wildman–Crippen LogP) is 2.02. The molecule has 146 valence electrons. The molecular formula is C19H18N2O6S. The smallest absolute Gasteiger partial charge is 0.255 e. The molecule has 1 N–H and O–H groups in total. The molecule has 2 aromatic carbocycles. The number of anilines is 2. The molecule has 4 rings (SSSR count). The normalized spacial score (nSPS) is 20.1. The highest BCUT2D eigenvalue weighted by atomic mass is 32.2. The Bertz CT molecular complexity index is 1070. The Kier molecular flexibility index (Phi) is 4.46. The van der Waals surface area contributed by atoms with E-state index >= 15 is 0 Å². The highest BCUT2D eigenvalue weighted by Crippen LogP contribution is 2.33. The first-order chi connectivity index (χ1) is 13.3. The fraction of sp³-hybridized carbons (Fsp3) is 0.263. The molecule has 1 fully saturated rings. The van der Waals surface area contributed by atoms with Gasteiger partial charge >= 0.3 is 0 Å². The minimum Gasteiger partial charge on any atom is -0.486 e. The van der Waals surface area contributed by atoms with Gasteiger partial charge in [-0.2, -0.15) is 0 Å². The van der Waals surface area contributed by atoms with Gasteiger partial charge in [-0.1, -0.05) is 13.0 Å². The van der Waals surface area contributed by atoms with E-state index < -0.39 is 27.8 Å². The maximum atomic E-state index is 12.6. The molecule has 2 aliphatic heterocycles. The Morgan fingerprint density at radius 3 is 2.57 bits per heavy atom. The number of rotatable bonds is 3. The van der Waals surface area contributed by atoms with Gasteiger partial charge in [-0.3, -0.25) is 9.59 Å². The Morgan fingerprint density at radius 2 is 1.86 bits per heavy atom. The van der Waals surface area contributed by atoms with Gasteiger partial charge in [0.25, 0.3) is 5.91 Å². The van der Waals surface area contributed by atoms with Crippen LogP contribution in [0.3, 0.4) is 0 Å².